The third-order valence-corrected chi connectivity index (χ3v) is 6.10. The second-order valence-corrected chi connectivity index (χ2v) is 8.03. The molecule has 0 saturated heterocycles. The average molecular weight is 371 g/mol. The summed E-state index contributed by atoms with van der Waals surface area (Å²) in [5.41, 5.74) is 5.89. The number of aromatic nitrogens is 4. The van der Waals surface area contributed by atoms with Gasteiger partial charge in [0.2, 0.25) is 5.91 Å². The maximum atomic E-state index is 12.1. The molecule has 27 heavy (non-hydrogen) atoms. The molecule has 1 aliphatic carbocycles. The van der Waals surface area contributed by atoms with Gasteiger partial charge in [-0.3, -0.25) is 19.1 Å². The summed E-state index contributed by atoms with van der Waals surface area (Å²) in [4.78, 5) is 14.5. The van der Waals surface area contributed by atoms with Crippen LogP contribution in [0.5, 0.6) is 0 Å². The lowest BCUT2D eigenvalue weighted by Gasteiger charge is -2.23. The first-order valence-electron chi connectivity index (χ1n) is 10.1. The fraction of sp³-hybridized carbons (Fsp3) is 0.650. The van der Waals surface area contributed by atoms with Crippen LogP contribution < -0.4 is 5.32 Å². The molecule has 1 amide bonds. The maximum Gasteiger partial charge on any atom is 0.223 e. The quantitative estimate of drug-likeness (QED) is 0.875. The van der Waals surface area contributed by atoms with Gasteiger partial charge in [-0.2, -0.15) is 10.2 Å². The molecule has 0 atom stereocenters. The molecular formula is C20H30N6O. The first-order valence-corrected chi connectivity index (χ1v) is 10.1. The summed E-state index contributed by atoms with van der Waals surface area (Å²) in [6, 6.07) is 2.16. The minimum atomic E-state index is 0.189. The monoisotopic (exact) mass is 370 g/mol. The van der Waals surface area contributed by atoms with E-state index in [-0.39, 0.29) is 11.8 Å². The number of fused-ring (bicyclic) bond motifs is 1. The van der Waals surface area contributed by atoms with Crippen molar-refractivity contribution in [3.05, 3.63) is 34.4 Å². The Morgan fingerprint density at radius 1 is 1.22 bits per heavy atom. The van der Waals surface area contributed by atoms with Crippen molar-refractivity contribution in [2.45, 2.75) is 65.7 Å². The van der Waals surface area contributed by atoms with Crippen molar-refractivity contribution < 1.29 is 4.79 Å². The molecule has 4 rings (SSSR count). The van der Waals surface area contributed by atoms with Gasteiger partial charge in [0, 0.05) is 50.4 Å². The predicted molar refractivity (Wildman–Crippen MR) is 103 cm³/mol. The van der Waals surface area contributed by atoms with E-state index in [1.807, 2.05) is 11.7 Å². The Morgan fingerprint density at radius 2 is 2.04 bits per heavy atom. The van der Waals surface area contributed by atoms with E-state index in [4.69, 9.17) is 5.10 Å². The summed E-state index contributed by atoms with van der Waals surface area (Å²) in [5.74, 6) is 0.417. The molecule has 146 valence electrons. The van der Waals surface area contributed by atoms with Crippen LogP contribution in [-0.4, -0.2) is 36.9 Å². The SMILES string of the molecule is Cc1nn(C)c(C)c1CN1CCCn2nc(CNC(=O)C3CCC3)cc2C1. The van der Waals surface area contributed by atoms with Gasteiger partial charge in [-0.05, 0) is 39.2 Å². The predicted octanol–water partition coefficient (Wildman–Crippen LogP) is 2.06. The molecule has 3 heterocycles. The summed E-state index contributed by atoms with van der Waals surface area (Å²) in [6.07, 6.45) is 4.34. The zero-order valence-electron chi connectivity index (χ0n) is 16.7. The van der Waals surface area contributed by atoms with Crippen molar-refractivity contribution in [3.63, 3.8) is 0 Å². The average Bonchev–Trinajstić information content (AvgIpc) is 2.99. The van der Waals surface area contributed by atoms with E-state index < -0.39 is 0 Å². The van der Waals surface area contributed by atoms with Crippen molar-refractivity contribution in [1.82, 2.24) is 29.8 Å². The van der Waals surface area contributed by atoms with Crippen molar-refractivity contribution in [1.29, 1.82) is 0 Å². The number of aryl methyl sites for hydroxylation is 3. The summed E-state index contributed by atoms with van der Waals surface area (Å²) in [6.45, 7) is 8.57. The smallest absolute Gasteiger partial charge is 0.223 e. The van der Waals surface area contributed by atoms with Gasteiger partial charge in [0.05, 0.1) is 23.6 Å². The zero-order chi connectivity index (χ0) is 19.0. The number of rotatable bonds is 5. The van der Waals surface area contributed by atoms with Gasteiger partial charge >= 0.3 is 0 Å². The van der Waals surface area contributed by atoms with Gasteiger partial charge in [0.25, 0.3) is 0 Å². The van der Waals surface area contributed by atoms with Crippen LogP contribution in [0.3, 0.4) is 0 Å². The molecule has 0 aromatic carbocycles. The van der Waals surface area contributed by atoms with Crippen molar-refractivity contribution in [2.24, 2.45) is 13.0 Å². The van der Waals surface area contributed by atoms with Crippen molar-refractivity contribution in [3.8, 4) is 0 Å². The fourth-order valence-corrected chi connectivity index (χ4v) is 4.07. The molecule has 1 N–H and O–H groups in total. The largest absolute Gasteiger partial charge is 0.350 e. The number of carbonyl (C=O) groups excluding carboxylic acids is 1. The summed E-state index contributed by atoms with van der Waals surface area (Å²) in [5, 5.41) is 12.3. The van der Waals surface area contributed by atoms with Gasteiger partial charge in [-0.25, -0.2) is 0 Å². The van der Waals surface area contributed by atoms with Gasteiger partial charge < -0.3 is 5.32 Å². The van der Waals surface area contributed by atoms with Crippen LogP contribution in [0.1, 0.15) is 54.0 Å². The molecule has 2 aromatic heterocycles. The minimum Gasteiger partial charge on any atom is -0.350 e. The maximum absolute atomic E-state index is 12.1. The van der Waals surface area contributed by atoms with E-state index in [9.17, 15) is 4.79 Å². The van der Waals surface area contributed by atoms with Crippen molar-refractivity contribution in [2.75, 3.05) is 6.54 Å². The van der Waals surface area contributed by atoms with E-state index in [0.29, 0.717) is 6.54 Å². The highest BCUT2D eigenvalue weighted by atomic mass is 16.1. The number of hydrogen-bond acceptors (Lipinski definition) is 4. The number of amides is 1. The molecule has 1 fully saturated rings. The Balaban J connectivity index is 1.41. The van der Waals surface area contributed by atoms with E-state index in [1.54, 1.807) is 0 Å². The van der Waals surface area contributed by atoms with Crippen LogP contribution >= 0.6 is 0 Å². The first kappa shape index (κ1) is 18.2. The lowest BCUT2D eigenvalue weighted by Crippen LogP contribution is -2.34. The molecule has 7 nitrogen and oxygen atoms in total. The fourth-order valence-electron chi connectivity index (χ4n) is 4.07. The molecule has 1 aliphatic heterocycles. The molecule has 0 unspecified atom stereocenters. The normalized spacial score (nSPS) is 18.0. The molecular weight excluding hydrogens is 340 g/mol. The van der Waals surface area contributed by atoms with Crippen molar-refractivity contribution >= 4 is 5.91 Å². The van der Waals surface area contributed by atoms with Gasteiger partial charge in [-0.15, -0.1) is 0 Å². The number of hydrogen-bond donors (Lipinski definition) is 1. The van der Waals surface area contributed by atoms with Crippen LogP contribution in [0.25, 0.3) is 0 Å². The number of nitrogens with one attached hydrogen (secondary N) is 1. The molecule has 7 heteroatoms. The highest BCUT2D eigenvalue weighted by Crippen LogP contribution is 2.26. The second kappa shape index (κ2) is 7.46. The molecule has 1 saturated carbocycles. The van der Waals surface area contributed by atoms with E-state index in [0.717, 1.165) is 56.8 Å². The summed E-state index contributed by atoms with van der Waals surface area (Å²) >= 11 is 0. The Labute approximate surface area is 160 Å². The van der Waals surface area contributed by atoms with Crippen LogP contribution in [-0.2, 0) is 38.0 Å². The van der Waals surface area contributed by atoms with Gasteiger partial charge in [-0.1, -0.05) is 6.42 Å². The van der Waals surface area contributed by atoms with Crippen LogP contribution in [0.15, 0.2) is 6.07 Å². The number of carbonyl (C=O) groups is 1. The van der Waals surface area contributed by atoms with Gasteiger partial charge in [0.1, 0.15) is 0 Å². The minimum absolute atomic E-state index is 0.189. The lowest BCUT2D eigenvalue weighted by molar-refractivity contribution is -0.127. The van der Waals surface area contributed by atoms with Gasteiger partial charge in [0.15, 0.2) is 0 Å². The highest BCUT2D eigenvalue weighted by Gasteiger charge is 2.25. The zero-order valence-corrected chi connectivity index (χ0v) is 16.7. The van der Waals surface area contributed by atoms with Crippen LogP contribution in [0, 0.1) is 19.8 Å². The Morgan fingerprint density at radius 3 is 2.70 bits per heavy atom. The topological polar surface area (TPSA) is 68.0 Å². The lowest BCUT2D eigenvalue weighted by atomic mass is 9.85. The molecule has 2 aromatic rings. The molecule has 2 aliphatic rings. The third-order valence-electron chi connectivity index (χ3n) is 6.10. The molecule has 0 spiro atoms. The Bertz CT molecular complexity index is 832. The van der Waals surface area contributed by atoms with Crippen LogP contribution in [0.2, 0.25) is 0 Å². The summed E-state index contributed by atoms with van der Waals surface area (Å²) in [7, 11) is 2.01. The Kier molecular flexibility index (Phi) is 5.04. The second-order valence-electron chi connectivity index (χ2n) is 8.03. The van der Waals surface area contributed by atoms with Crippen LogP contribution in [0.4, 0.5) is 0 Å². The van der Waals surface area contributed by atoms with E-state index >= 15 is 0 Å². The van der Waals surface area contributed by atoms with E-state index in [2.05, 4.69) is 39.9 Å². The number of nitrogens with zero attached hydrogens (tertiary/aromatic N) is 5. The summed E-state index contributed by atoms with van der Waals surface area (Å²) < 4.78 is 4.09. The third kappa shape index (κ3) is 3.78. The Hall–Kier alpha value is -2.15. The van der Waals surface area contributed by atoms with E-state index in [1.165, 1.54) is 23.4 Å². The standard InChI is InChI=1S/C20H30N6O/c1-14-19(15(2)24(3)22-14)13-25-8-5-9-26-18(12-25)10-17(23-26)11-21-20(27)16-6-4-7-16/h10,16H,4-9,11-13H2,1-3H3,(H,21,27). The highest BCUT2D eigenvalue weighted by molar-refractivity contribution is 5.79. The molecule has 0 bridgehead atoms. The first-order chi connectivity index (χ1) is 13.0. The molecule has 0 radical (unpaired) electrons.